The van der Waals surface area contributed by atoms with Crippen LogP contribution in [0.15, 0.2) is 24.3 Å². The van der Waals surface area contributed by atoms with Crippen molar-refractivity contribution in [1.29, 1.82) is 0 Å². The second kappa shape index (κ2) is 8.97. The summed E-state index contributed by atoms with van der Waals surface area (Å²) in [6, 6.07) is 7.73. The standard InChI is InChI=1S/C15H23N3O3/c1-18(2)17-15(20)8-7-14(19)16-10-9-12-5-4-6-13(11-12)21-3/h4-6,11H,7-10H2,1-3H3,(H,16,19)(H,17,20). The maximum Gasteiger partial charge on any atom is 0.234 e. The molecule has 0 bridgehead atoms. The Morgan fingerprint density at radius 3 is 2.57 bits per heavy atom. The van der Waals surface area contributed by atoms with Crippen molar-refractivity contribution in [3.8, 4) is 5.75 Å². The molecule has 0 heterocycles. The van der Waals surface area contributed by atoms with Gasteiger partial charge < -0.3 is 10.1 Å². The minimum atomic E-state index is -0.164. The van der Waals surface area contributed by atoms with E-state index >= 15 is 0 Å². The first-order valence-electron chi connectivity index (χ1n) is 6.87. The number of hydrogen-bond acceptors (Lipinski definition) is 4. The molecule has 0 aliphatic rings. The number of hydrogen-bond donors (Lipinski definition) is 2. The molecule has 0 fully saturated rings. The molecule has 0 aromatic heterocycles. The summed E-state index contributed by atoms with van der Waals surface area (Å²) >= 11 is 0. The van der Waals surface area contributed by atoms with Crippen molar-refractivity contribution in [3.63, 3.8) is 0 Å². The van der Waals surface area contributed by atoms with Crippen LogP contribution in [0.5, 0.6) is 5.75 Å². The van der Waals surface area contributed by atoms with Gasteiger partial charge in [-0.3, -0.25) is 15.0 Å². The molecular weight excluding hydrogens is 270 g/mol. The number of carbonyl (C=O) groups is 2. The highest BCUT2D eigenvalue weighted by atomic mass is 16.5. The molecule has 0 radical (unpaired) electrons. The van der Waals surface area contributed by atoms with Gasteiger partial charge in [-0.15, -0.1) is 0 Å². The van der Waals surface area contributed by atoms with E-state index in [0.29, 0.717) is 6.54 Å². The van der Waals surface area contributed by atoms with Crippen LogP contribution >= 0.6 is 0 Å². The molecule has 1 aromatic carbocycles. The molecule has 0 atom stereocenters. The molecule has 0 spiro atoms. The number of hydrazine groups is 1. The fourth-order valence-electron chi connectivity index (χ4n) is 1.79. The third kappa shape index (κ3) is 7.31. The van der Waals surface area contributed by atoms with Crippen molar-refractivity contribution >= 4 is 11.8 Å². The monoisotopic (exact) mass is 293 g/mol. The van der Waals surface area contributed by atoms with Crippen LogP contribution in [-0.4, -0.2) is 44.6 Å². The smallest absolute Gasteiger partial charge is 0.234 e. The van der Waals surface area contributed by atoms with Crippen LogP contribution in [0.4, 0.5) is 0 Å². The predicted molar refractivity (Wildman–Crippen MR) is 80.8 cm³/mol. The van der Waals surface area contributed by atoms with Crippen molar-refractivity contribution < 1.29 is 14.3 Å². The zero-order chi connectivity index (χ0) is 15.7. The van der Waals surface area contributed by atoms with E-state index in [2.05, 4.69) is 10.7 Å². The molecule has 1 aromatic rings. The molecule has 21 heavy (non-hydrogen) atoms. The average Bonchev–Trinajstić information content (AvgIpc) is 2.44. The first kappa shape index (κ1) is 17.0. The van der Waals surface area contributed by atoms with Crippen LogP contribution in [-0.2, 0) is 16.0 Å². The number of rotatable bonds is 8. The largest absolute Gasteiger partial charge is 0.497 e. The number of carbonyl (C=O) groups excluding carboxylic acids is 2. The van der Waals surface area contributed by atoms with Crippen molar-refractivity contribution in [2.45, 2.75) is 19.3 Å². The Labute approximate surface area is 125 Å². The Morgan fingerprint density at radius 1 is 1.19 bits per heavy atom. The normalized spacial score (nSPS) is 10.3. The predicted octanol–water partition coefficient (Wildman–Crippen LogP) is 0.727. The summed E-state index contributed by atoms with van der Waals surface area (Å²) in [4.78, 5) is 23.0. The van der Waals surface area contributed by atoms with Gasteiger partial charge in [-0.05, 0) is 24.1 Å². The molecule has 1 rings (SSSR count). The number of nitrogens with one attached hydrogen (secondary N) is 2. The first-order chi connectivity index (χ1) is 10.0. The van der Waals surface area contributed by atoms with Gasteiger partial charge in [-0.1, -0.05) is 12.1 Å². The van der Waals surface area contributed by atoms with E-state index in [0.717, 1.165) is 17.7 Å². The summed E-state index contributed by atoms with van der Waals surface area (Å²) in [5.41, 5.74) is 3.69. The van der Waals surface area contributed by atoms with Crippen LogP contribution in [0, 0.1) is 0 Å². The fraction of sp³-hybridized carbons (Fsp3) is 0.467. The van der Waals surface area contributed by atoms with Gasteiger partial charge in [0.15, 0.2) is 0 Å². The van der Waals surface area contributed by atoms with Gasteiger partial charge in [0.05, 0.1) is 7.11 Å². The molecule has 116 valence electrons. The fourth-order valence-corrected chi connectivity index (χ4v) is 1.79. The van der Waals surface area contributed by atoms with E-state index in [4.69, 9.17) is 4.74 Å². The van der Waals surface area contributed by atoms with Gasteiger partial charge in [0.2, 0.25) is 11.8 Å². The van der Waals surface area contributed by atoms with E-state index in [1.807, 2.05) is 24.3 Å². The second-order valence-corrected chi connectivity index (χ2v) is 4.88. The molecular formula is C15H23N3O3. The SMILES string of the molecule is COc1cccc(CCNC(=O)CCC(=O)NN(C)C)c1. The Hall–Kier alpha value is -2.08. The van der Waals surface area contributed by atoms with Gasteiger partial charge >= 0.3 is 0 Å². The lowest BCUT2D eigenvalue weighted by molar-refractivity contribution is -0.128. The minimum Gasteiger partial charge on any atom is -0.497 e. The molecule has 0 saturated carbocycles. The topological polar surface area (TPSA) is 70.7 Å². The highest BCUT2D eigenvalue weighted by Gasteiger charge is 2.07. The van der Waals surface area contributed by atoms with E-state index in [-0.39, 0.29) is 24.7 Å². The number of ether oxygens (including phenoxy) is 1. The second-order valence-electron chi connectivity index (χ2n) is 4.88. The molecule has 2 amide bonds. The van der Waals surface area contributed by atoms with Gasteiger partial charge in [0, 0.05) is 33.5 Å². The lowest BCUT2D eigenvalue weighted by Gasteiger charge is -2.11. The molecule has 0 aliphatic carbocycles. The first-order valence-corrected chi connectivity index (χ1v) is 6.87. The summed E-state index contributed by atoms with van der Waals surface area (Å²) in [5, 5.41) is 4.36. The zero-order valence-electron chi connectivity index (χ0n) is 12.8. The van der Waals surface area contributed by atoms with E-state index in [1.54, 1.807) is 26.2 Å². The summed E-state index contributed by atoms with van der Waals surface area (Å²) in [5.74, 6) is 0.522. The molecule has 6 nitrogen and oxygen atoms in total. The molecule has 0 saturated heterocycles. The summed E-state index contributed by atoms with van der Waals surface area (Å²) in [6.45, 7) is 0.543. The number of methoxy groups -OCH3 is 1. The van der Waals surface area contributed by atoms with Gasteiger partial charge in [0.1, 0.15) is 5.75 Å². The van der Waals surface area contributed by atoms with Crippen molar-refractivity contribution in [2.24, 2.45) is 0 Å². The van der Waals surface area contributed by atoms with Crippen LogP contribution in [0.2, 0.25) is 0 Å². The highest BCUT2D eigenvalue weighted by molar-refractivity contribution is 5.83. The minimum absolute atomic E-state index is 0.119. The molecule has 0 aliphatic heterocycles. The van der Waals surface area contributed by atoms with Crippen molar-refractivity contribution in [2.75, 3.05) is 27.7 Å². The summed E-state index contributed by atoms with van der Waals surface area (Å²) in [6.07, 6.45) is 1.10. The molecule has 0 unspecified atom stereocenters. The van der Waals surface area contributed by atoms with Crippen LogP contribution in [0.25, 0.3) is 0 Å². The Balaban J connectivity index is 2.22. The Morgan fingerprint density at radius 2 is 1.90 bits per heavy atom. The van der Waals surface area contributed by atoms with E-state index < -0.39 is 0 Å². The summed E-state index contributed by atoms with van der Waals surface area (Å²) in [7, 11) is 5.08. The molecule has 6 heteroatoms. The van der Waals surface area contributed by atoms with E-state index in [9.17, 15) is 9.59 Å². The average molecular weight is 293 g/mol. The van der Waals surface area contributed by atoms with Gasteiger partial charge in [-0.25, -0.2) is 5.01 Å². The maximum atomic E-state index is 11.6. The third-order valence-electron chi connectivity index (χ3n) is 2.80. The molecule has 2 N–H and O–H groups in total. The zero-order valence-corrected chi connectivity index (χ0v) is 12.8. The quantitative estimate of drug-likeness (QED) is 0.693. The van der Waals surface area contributed by atoms with Gasteiger partial charge in [-0.2, -0.15) is 0 Å². The number of amides is 2. The lowest BCUT2D eigenvalue weighted by atomic mass is 10.1. The Bertz CT molecular complexity index is 475. The van der Waals surface area contributed by atoms with Crippen LogP contribution in [0.3, 0.4) is 0 Å². The highest BCUT2D eigenvalue weighted by Crippen LogP contribution is 2.12. The van der Waals surface area contributed by atoms with Crippen molar-refractivity contribution in [1.82, 2.24) is 15.8 Å². The number of nitrogens with zero attached hydrogens (tertiary/aromatic N) is 1. The summed E-state index contributed by atoms with van der Waals surface area (Å²) < 4.78 is 5.14. The van der Waals surface area contributed by atoms with Gasteiger partial charge in [0.25, 0.3) is 0 Å². The number of benzene rings is 1. The lowest BCUT2D eigenvalue weighted by Crippen LogP contribution is -2.37. The van der Waals surface area contributed by atoms with Crippen molar-refractivity contribution in [3.05, 3.63) is 29.8 Å². The van der Waals surface area contributed by atoms with Crippen LogP contribution < -0.4 is 15.5 Å². The Kier molecular flexibility index (Phi) is 7.25. The van der Waals surface area contributed by atoms with Crippen LogP contribution in [0.1, 0.15) is 18.4 Å². The third-order valence-corrected chi connectivity index (χ3v) is 2.80. The van der Waals surface area contributed by atoms with E-state index in [1.165, 1.54) is 0 Å². The maximum absolute atomic E-state index is 11.6.